The van der Waals surface area contributed by atoms with Gasteiger partial charge in [0.15, 0.2) is 11.9 Å². The van der Waals surface area contributed by atoms with Crippen molar-refractivity contribution in [1.29, 1.82) is 10.8 Å². The van der Waals surface area contributed by atoms with Crippen LogP contribution in [0.25, 0.3) is 10.8 Å². The molecule has 282 valence electrons. The van der Waals surface area contributed by atoms with Gasteiger partial charge in [-0.05, 0) is 59.7 Å². The Kier molecular flexibility index (Phi) is 14.3. The van der Waals surface area contributed by atoms with Gasteiger partial charge in [-0.3, -0.25) is 34.8 Å². The van der Waals surface area contributed by atoms with Gasteiger partial charge in [0, 0.05) is 25.9 Å². The molecule has 0 spiro atoms. The van der Waals surface area contributed by atoms with E-state index in [9.17, 15) is 29.1 Å². The zero-order valence-electron chi connectivity index (χ0n) is 29.2. The molecule has 0 aromatic heterocycles. The van der Waals surface area contributed by atoms with Crippen LogP contribution < -0.4 is 48.7 Å². The lowest BCUT2D eigenvalue weighted by molar-refractivity contribution is -0.134. The third-order valence-electron chi connectivity index (χ3n) is 8.57. The van der Waals surface area contributed by atoms with Crippen LogP contribution in [0.2, 0.25) is 0 Å². The number of carbonyl (C=O) groups is 5. The lowest BCUT2D eigenvalue weighted by atomic mass is 10.0. The van der Waals surface area contributed by atoms with E-state index in [4.69, 9.17) is 22.3 Å². The van der Waals surface area contributed by atoms with Crippen molar-refractivity contribution in [3.05, 3.63) is 77.9 Å². The number of amides is 5. The van der Waals surface area contributed by atoms with Gasteiger partial charge in [-0.1, -0.05) is 54.6 Å². The molecule has 0 saturated carbocycles. The minimum absolute atomic E-state index is 0.0101. The van der Waals surface area contributed by atoms with E-state index in [0.29, 0.717) is 18.4 Å². The summed E-state index contributed by atoms with van der Waals surface area (Å²) >= 11 is 0. The molecule has 0 unspecified atom stereocenters. The smallest absolute Gasteiger partial charge is 0.243 e. The number of hydrogen-bond acceptors (Lipinski definition) is 8. The van der Waals surface area contributed by atoms with Crippen LogP contribution in [0.3, 0.4) is 0 Å². The van der Waals surface area contributed by atoms with E-state index in [2.05, 4.69) is 37.2 Å². The highest BCUT2D eigenvalue weighted by Crippen LogP contribution is 2.17. The first-order valence-corrected chi connectivity index (χ1v) is 17.3. The van der Waals surface area contributed by atoms with Gasteiger partial charge >= 0.3 is 0 Å². The SMILES string of the molecule is N=C(N)NCCC[C@@H]1NC(=O)[C@H](Cc2ccc3ccccc3c2)NC(=O)CNC(=O)[C@@H](Cc2ccc(O)cc2)NC(=O)[C@H](CCCNC(=N)N)NC1=O. The van der Waals surface area contributed by atoms with Crippen LogP contribution >= 0.6 is 0 Å². The van der Waals surface area contributed by atoms with Crippen molar-refractivity contribution in [3.63, 3.8) is 0 Å². The average Bonchev–Trinajstić information content (AvgIpc) is 3.12. The van der Waals surface area contributed by atoms with E-state index in [1.807, 2.05) is 42.5 Å². The minimum Gasteiger partial charge on any atom is -0.508 e. The van der Waals surface area contributed by atoms with Gasteiger partial charge in [0.1, 0.15) is 29.9 Å². The van der Waals surface area contributed by atoms with Crippen molar-refractivity contribution < 1.29 is 29.1 Å². The molecule has 4 rings (SSSR count). The summed E-state index contributed by atoms with van der Waals surface area (Å²) in [4.78, 5) is 68.5. The molecule has 4 atom stereocenters. The maximum atomic E-state index is 13.9. The van der Waals surface area contributed by atoms with E-state index >= 15 is 0 Å². The number of fused-ring (bicyclic) bond motifs is 1. The molecule has 1 fully saturated rings. The fourth-order valence-corrected chi connectivity index (χ4v) is 5.84. The molecule has 3 aromatic carbocycles. The fourth-order valence-electron chi connectivity index (χ4n) is 5.84. The van der Waals surface area contributed by atoms with Gasteiger partial charge in [0.25, 0.3) is 0 Å². The minimum atomic E-state index is -1.19. The normalized spacial score (nSPS) is 20.0. The maximum Gasteiger partial charge on any atom is 0.243 e. The van der Waals surface area contributed by atoms with Crippen molar-refractivity contribution in [2.75, 3.05) is 19.6 Å². The molecule has 17 nitrogen and oxygen atoms in total. The summed E-state index contributed by atoms with van der Waals surface area (Å²) in [5.74, 6) is -3.94. The summed E-state index contributed by atoms with van der Waals surface area (Å²) in [6, 6.07) is 14.7. The quantitative estimate of drug-likeness (QED) is 0.0609. The second-order valence-corrected chi connectivity index (χ2v) is 12.7. The summed E-state index contributed by atoms with van der Waals surface area (Å²) in [5, 5.41) is 45.3. The predicted octanol–water partition coefficient (Wildman–Crippen LogP) is -1.07. The highest BCUT2D eigenvalue weighted by Gasteiger charge is 2.32. The number of nitrogens with two attached hydrogens (primary N) is 2. The lowest BCUT2D eigenvalue weighted by Crippen LogP contribution is -2.58. The van der Waals surface area contributed by atoms with Gasteiger partial charge in [-0.2, -0.15) is 0 Å². The standard InChI is InChI=1S/C36H47N11O6/c37-35(38)41-15-3-7-26-32(51)45-27(8-4-16-42-36(39)40)33(52)47-28(18-21-10-13-25(48)14-11-21)31(50)43-20-30(49)44-29(34(53)46-26)19-22-9-12-23-5-1-2-6-24(23)17-22/h1-2,5-6,9-14,17,26-29,48H,3-4,7-8,15-16,18-20H2,(H,43,50)(H,44,49)(H,45,51)(H,46,53)(H,47,52)(H4,37,38,41)(H4,39,40,42)/t26-,27-,28+,29-/m0/s1. The van der Waals surface area contributed by atoms with E-state index < -0.39 is 60.2 Å². The number of rotatable bonds is 12. The van der Waals surface area contributed by atoms with E-state index in [1.165, 1.54) is 12.1 Å². The molecule has 17 heteroatoms. The highest BCUT2D eigenvalue weighted by atomic mass is 16.3. The molecular formula is C36H47N11O6. The number of benzene rings is 3. The van der Waals surface area contributed by atoms with Crippen molar-refractivity contribution in [2.24, 2.45) is 11.5 Å². The number of aromatic hydroxyl groups is 1. The topological polar surface area (TPSA) is 290 Å². The first-order valence-electron chi connectivity index (χ1n) is 17.3. The molecule has 1 heterocycles. The van der Waals surface area contributed by atoms with Gasteiger partial charge in [0.2, 0.25) is 29.5 Å². The fraction of sp³-hybridized carbons (Fsp3) is 0.361. The molecule has 0 radical (unpaired) electrons. The van der Waals surface area contributed by atoms with Crippen molar-refractivity contribution in [2.45, 2.75) is 62.7 Å². The summed E-state index contributed by atoms with van der Waals surface area (Å²) in [6.45, 7) is -0.0765. The summed E-state index contributed by atoms with van der Waals surface area (Å²) in [6.07, 6.45) is 0.792. The predicted molar refractivity (Wildman–Crippen MR) is 198 cm³/mol. The molecule has 3 aromatic rings. The number of guanidine groups is 2. The molecule has 1 saturated heterocycles. The summed E-state index contributed by atoms with van der Waals surface area (Å²) in [5.41, 5.74) is 12.2. The number of phenolic OH excluding ortho intramolecular Hbond substituents is 1. The zero-order chi connectivity index (χ0) is 38.3. The third kappa shape index (κ3) is 12.7. The van der Waals surface area contributed by atoms with Crippen LogP contribution in [-0.4, -0.2) is 90.4 Å². The maximum absolute atomic E-state index is 13.9. The first-order chi connectivity index (χ1) is 25.4. The second-order valence-electron chi connectivity index (χ2n) is 12.7. The van der Waals surface area contributed by atoms with Crippen molar-refractivity contribution in [3.8, 4) is 5.75 Å². The molecular weight excluding hydrogens is 682 g/mol. The van der Waals surface area contributed by atoms with Crippen LogP contribution in [0.4, 0.5) is 0 Å². The largest absolute Gasteiger partial charge is 0.508 e. The van der Waals surface area contributed by atoms with Crippen LogP contribution in [0.15, 0.2) is 66.7 Å². The average molecular weight is 730 g/mol. The van der Waals surface area contributed by atoms with Gasteiger partial charge in [-0.15, -0.1) is 0 Å². The third-order valence-corrected chi connectivity index (χ3v) is 8.57. The highest BCUT2D eigenvalue weighted by molar-refractivity contribution is 5.97. The molecule has 53 heavy (non-hydrogen) atoms. The Balaban J connectivity index is 1.66. The molecule has 14 N–H and O–H groups in total. The van der Waals surface area contributed by atoms with E-state index in [0.717, 1.165) is 16.3 Å². The van der Waals surface area contributed by atoms with Gasteiger partial charge in [0.05, 0.1) is 6.54 Å². The van der Waals surface area contributed by atoms with Crippen LogP contribution in [0.1, 0.15) is 36.8 Å². The summed E-state index contributed by atoms with van der Waals surface area (Å²) in [7, 11) is 0. The first kappa shape index (κ1) is 39.4. The van der Waals surface area contributed by atoms with Gasteiger partial charge in [-0.25, -0.2) is 0 Å². The Morgan fingerprint density at radius 2 is 1.13 bits per heavy atom. The number of phenols is 1. The molecule has 5 amide bonds. The van der Waals surface area contributed by atoms with Gasteiger partial charge < -0.3 is 53.8 Å². The Morgan fingerprint density at radius 3 is 1.72 bits per heavy atom. The molecule has 1 aliphatic rings. The Bertz CT molecular complexity index is 1800. The lowest BCUT2D eigenvalue weighted by Gasteiger charge is -2.26. The number of hydrogen-bond donors (Lipinski definition) is 12. The Hall–Kier alpha value is -6.39. The van der Waals surface area contributed by atoms with E-state index in [1.54, 1.807) is 12.1 Å². The Labute approximate surface area is 306 Å². The van der Waals surface area contributed by atoms with Crippen molar-refractivity contribution >= 4 is 52.2 Å². The van der Waals surface area contributed by atoms with Crippen LogP contribution in [0.5, 0.6) is 5.75 Å². The molecule has 0 aliphatic carbocycles. The zero-order valence-corrected chi connectivity index (χ0v) is 29.2. The monoisotopic (exact) mass is 729 g/mol. The van der Waals surface area contributed by atoms with Crippen LogP contribution in [0, 0.1) is 10.8 Å². The Morgan fingerprint density at radius 1 is 0.642 bits per heavy atom. The van der Waals surface area contributed by atoms with Crippen molar-refractivity contribution in [1.82, 2.24) is 37.2 Å². The number of carbonyl (C=O) groups excluding carboxylic acids is 5. The second kappa shape index (κ2) is 19.3. The molecule has 1 aliphatic heterocycles. The molecule has 0 bridgehead atoms. The number of nitrogens with one attached hydrogen (secondary N) is 9. The summed E-state index contributed by atoms with van der Waals surface area (Å²) < 4.78 is 0. The van der Waals surface area contributed by atoms with E-state index in [-0.39, 0.29) is 56.4 Å². The van der Waals surface area contributed by atoms with Crippen LogP contribution in [-0.2, 0) is 36.8 Å².